The Morgan fingerprint density at radius 2 is 1.71 bits per heavy atom. The van der Waals surface area contributed by atoms with Gasteiger partial charge in [-0.05, 0) is 11.1 Å². The maximum atomic E-state index is 11.7. The minimum atomic E-state index is 0.0844. The van der Waals surface area contributed by atoms with Crippen molar-refractivity contribution in [2.45, 2.75) is 13.1 Å². The van der Waals surface area contributed by atoms with Crippen molar-refractivity contribution in [3.8, 4) is 0 Å². The van der Waals surface area contributed by atoms with Crippen LogP contribution in [0.25, 0.3) is 0 Å². The highest BCUT2D eigenvalue weighted by Crippen LogP contribution is 2.22. The predicted molar refractivity (Wildman–Crippen MR) is 54.8 cm³/mol. The van der Waals surface area contributed by atoms with Crippen LogP contribution in [0.3, 0.4) is 0 Å². The Kier molecular flexibility index (Phi) is 2.15. The smallest absolute Gasteiger partial charge is 0.320 e. The van der Waals surface area contributed by atoms with Gasteiger partial charge in [0.2, 0.25) is 0 Å². The Hall–Kier alpha value is -1.51. The summed E-state index contributed by atoms with van der Waals surface area (Å²) in [4.78, 5) is 15.1. The molecular weight excluding hydrogens is 176 g/mol. The third kappa shape index (κ3) is 1.45. The van der Waals surface area contributed by atoms with Crippen LogP contribution in [0, 0.1) is 0 Å². The number of hydrogen-bond acceptors (Lipinski definition) is 1. The highest BCUT2D eigenvalue weighted by Gasteiger charge is 2.23. The van der Waals surface area contributed by atoms with Crippen LogP contribution >= 0.6 is 0 Å². The molecule has 3 heteroatoms. The summed E-state index contributed by atoms with van der Waals surface area (Å²) in [5, 5.41) is 0. The lowest BCUT2D eigenvalue weighted by Gasteiger charge is -2.20. The van der Waals surface area contributed by atoms with E-state index >= 15 is 0 Å². The minimum absolute atomic E-state index is 0.0844. The summed E-state index contributed by atoms with van der Waals surface area (Å²) >= 11 is 0. The van der Waals surface area contributed by atoms with E-state index in [-0.39, 0.29) is 6.03 Å². The van der Waals surface area contributed by atoms with Crippen molar-refractivity contribution in [2.75, 3.05) is 14.1 Å². The molecule has 1 aromatic carbocycles. The highest BCUT2D eigenvalue weighted by atomic mass is 16.2. The molecule has 0 fully saturated rings. The van der Waals surface area contributed by atoms with Crippen molar-refractivity contribution in [1.82, 2.24) is 9.80 Å². The van der Waals surface area contributed by atoms with Gasteiger partial charge in [-0.1, -0.05) is 24.3 Å². The molecule has 0 spiro atoms. The van der Waals surface area contributed by atoms with Crippen LogP contribution in [0.4, 0.5) is 4.79 Å². The minimum Gasteiger partial charge on any atom is -0.331 e. The summed E-state index contributed by atoms with van der Waals surface area (Å²) in [6.07, 6.45) is 0. The maximum Gasteiger partial charge on any atom is 0.320 e. The normalized spacial score (nSPS) is 14.0. The Morgan fingerprint density at radius 1 is 1.21 bits per heavy atom. The molecule has 0 radical (unpaired) electrons. The summed E-state index contributed by atoms with van der Waals surface area (Å²) in [6, 6.07) is 8.28. The number of benzene rings is 1. The van der Waals surface area contributed by atoms with E-state index in [0.29, 0.717) is 0 Å². The number of carbonyl (C=O) groups excluding carboxylic acids is 1. The molecule has 1 aliphatic heterocycles. The molecule has 14 heavy (non-hydrogen) atoms. The fourth-order valence-electron chi connectivity index (χ4n) is 1.75. The van der Waals surface area contributed by atoms with Crippen molar-refractivity contribution in [2.24, 2.45) is 0 Å². The maximum absolute atomic E-state index is 11.7. The molecular formula is C11H14N2O. The van der Waals surface area contributed by atoms with Crippen LogP contribution in [-0.4, -0.2) is 29.9 Å². The predicted octanol–water partition coefficient (Wildman–Crippen LogP) is 1.68. The first-order valence-electron chi connectivity index (χ1n) is 4.71. The molecule has 0 N–H and O–H groups in total. The van der Waals surface area contributed by atoms with Crippen molar-refractivity contribution in [1.29, 1.82) is 0 Å². The van der Waals surface area contributed by atoms with Gasteiger partial charge in [-0.3, -0.25) is 0 Å². The van der Waals surface area contributed by atoms with Crippen molar-refractivity contribution in [3.63, 3.8) is 0 Å². The van der Waals surface area contributed by atoms with Gasteiger partial charge in [0.05, 0.1) is 0 Å². The summed E-state index contributed by atoms with van der Waals surface area (Å²) in [7, 11) is 3.57. The van der Waals surface area contributed by atoms with E-state index in [1.807, 2.05) is 17.0 Å². The van der Waals surface area contributed by atoms with Crippen molar-refractivity contribution in [3.05, 3.63) is 35.4 Å². The SMILES string of the molecule is CN(C)C(=O)N1Cc2ccccc2C1. The molecule has 0 unspecified atom stereocenters. The molecule has 0 aliphatic carbocycles. The summed E-state index contributed by atoms with van der Waals surface area (Å²) in [5.41, 5.74) is 2.53. The van der Waals surface area contributed by atoms with Crippen LogP contribution in [0.5, 0.6) is 0 Å². The van der Waals surface area contributed by atoms with Gasteiger partial charge in [-0.15, -0.1) is 0 Å². The number of hydrogen-bond donors (Lipinski definition) is 0. The second-order valence-corrected chi connectivity index (χ2v) is 3.80. The Bertz CT molecular complexity index is 335. The standard InChI is InChI=1S/C11H14N2O/c1-12(2)11(14)13-7-9-5-3-4-6-10(9)8-13/h3-6H,7-8H2,1-2H3. The summed E-state index contributed by atoms with van der Waals surface area (Å²) < 4.78 is 0. The van der Waals surface area contributed by atoms with Gasteiger partial charge in [0.25, 0.3) is 0 Å². The highest BCUT2D eigenvalue weighted by molar-refractivity contribution is 5.74. The quantitative estimate of drug-likeness (QED) is 0.610. The van der Waals surface area contributed by atoms with Gasteiger partial charge in [0.15, 0.2) is 0 Å². The Morgan fingerprint density at radius 3 is 2.14 bits per heavy atom. The number of urea groups is 1. The monoisotopic (exact) mass is 190 g/mol. The van der Waals surface area contributed by atoms with Gasteiger partial charge in [-0.25, -0.2) is 4.79 Å². The molecule has 74 valence electrons. The first kappa shape index (κ1) is 9.06. The Balaban J connectivity index is 2.16. The largest absolute Gasteiger partial charge is 0.331 e. The number of nitrogens with zero attached hydrogens (tertiary/aromatic N) is 2. The number of amides is 2. The fraction of sp³-hybridized carbons (Fsp3) is 0.364. The zero-order valence-corrected chi connectivity index (χ0v) is 8.53. The van der Waals surface area contributed by atoms with Crippen LogP contribution in [0.1, 0.15) is 11.1 Å². The average Bonchev–Trinajstić information content (AvgIpc) is 2.59. The van der Waals surface area contributed by atoms with Crippen LogP contribution in [0.2, 0.25) is 0 Å². The van der Waals surface area contributed by atoms with Crippen LogP contribution in [0.15, 0.2) is 24.3 Å². The van der Waals surface area contributed by atoms with E-state index < -0.39 is 0 Å². The summed E-state index contributed by atoms with van der Waals surface area (Å²) in [6.45, 7) is 1.49. The van der Waals surface area contributed by atoms with E-state index in [0.717, 1.165) is 13.1 Å². The van der Waals surface area contributed by atoms with E-state index in [1.165, 1.54) is 11.1 Å². The van der Waals surface area contributed by atoms with E-state index in [4.69, 9.17) is 0 Å². The fourth-order valence-corrected chi connectivity index (χ4v) is 1.75. The van der Waals surface area contributed by atoms with Gasteiger partial charge < -0.3 is 9.80 Å². The third-order valence-corrected chi connectivity index (χ3v) is 2.49. The van der Waals surface area contributed by atoms with E-state index in [9.17, 15) is 4.79 Å². The number of carbonyl (C=O) groups is 1. The number of fused-ring (bicyclic) bond motifs is 1. The van der Waals surface area contributed by atoms with Crippen molar-refractivity contribution >= 4 is 6.03 Å². The van der Waals surface area contributed by atoms with E-state index in [2.05, 4.69) is 12.1 Å². The summed E-state index contributed by atoms with van der Waals surface area (Å²) in [5.74, 6) is 0. The zero-order chi connectivity index (χ0) is 10.1. The zero-order valence-electron chi connectivity index (χ0n) is 8.53. The van der Waals surface area contributed by atoms with Gasteiger partial charge in [-0.2, -0.15) is 0 Å². The van der Waals surface area contributed by atoms with Crippen LogP contribution in [-0.2, 0) is 13.1 Å². The van der Waals surface area contributed by atoms with Gasteiger partial charge in [0, 0.05) is 27.2 Å². The molecule has 2 amide bonds. The molecule has 1 aliphatic rings. The lowest BCUT2D eigenvalue weighted by atomic mass is 10.1. The second kappa shape index (κ2) is 3.33. The molecule has 0 saturated heterocycles. The Labute approximate surface area is 83.9 Å². The van der Waals surface area contributed by atoms with Gasteiger partial charge in [0.1, 0.15) is 0 Å². The number of rotatable bonds is 0. The lowest BCUT2D eigenvalue weighted by molar-refractivity contribution is 0.171. The average molecular weight is 190 g/mol. The van der Waals surface area contributed by atoms with Crippen LogP contribution < -0.4 is 0 Å². The third-order valence-electron chi connectivity index (χ3n) is 2.49. The first-order chi connectivity index (χ1) is 6.68. The van der Waals surface area contributed by atoms with Gasteiger partial charge >= 0.3 is 6.03 Å². The molecule has 0 atom stereocenters. The molecule has 1 aromatic rings. The topological polar surface area (TPSA) is 23.6 Å². The molecule has 3 nitrogen and oxygen atoms in total. The first-order valence-corrected chi connectivity index (χ1v) is 4.71. The van der Waals surface area contributed by atoms with Crippen molar-refractivity contribution < 1.29 is 4.79 Å². The molecule has 1 heterocycles. The lowest BCUT2D eigenvalue weighted by Crippen LogP contribution is -2.35. The molecule has 0 aromatic heterocycles. The molecule has 0 bridgehead atoms. The molecule has 0 saturated carbocycles. The van der Waals surface area contributed by atoms with E-state index in [1.54, 1.807) is 19.0 Å². The molecule has 2 rings (SSSR count). The second-order valence-electron chi connectivity index (χ2n) is 3.80.